The zero-order chi connectivity index (χ0) is 9.68. The fourth-order valence-electron chi connectivity index (χ4n) is 0.988. The lowest BCUT2D eigenvalue weighted by Crippen LogP contribution is -1.79. The van der Waals surface area contributed by atoms with E-state index < -0.39 is 0 Å². The van der Waals surface area contributed by atoms with Gasteiger partial charge in [-0.05, 0) is 30.2 Å². The molecular weight excluding hydrogens is 160 g/mol. The highest BCUT2D eigenvalue weighted by molar-refractivity contribution is 5.66. The van der Waals surface area contributed by atoms with Gasteiger partial charge in [0, 0.05) is 6.08 Å². The van der Waals surface area contributed by atoms with Crippen molar-refractivity contribution in [2.45, 2.75) is 6.92 Å². The highest BCUT2D eigenvalue weighted by Gasteiger charge is 1.94. The average Bonchev–Trinajstić information content (AvgIpc) is 2.18. The molecule has 13 heavy (non-hydrogen) atoms. The highest BCUT2D eigenvalue weighted by atomic mass is 14.2. The standard InChI is InChI=1S/C11H8N2/c1-9(6-7-12)11-4-2-10(8-13)3-5-11/h2-6H,1H3. The van der Waals surface area contributed by atoms with Crippen molar-refractivity contribution in [1.29, 1.82) is 10.5 Å². The van der Waals surface area contributed by atoms with E-state index in [-0.39, 0.29) is 0 Å². The summed E-state index contributed by atoms with van der Waals surface area (Å²) in [5, 5.41) is 17.0. The van der Waals surface area contributed by atoms with Crippen molar-refractivity contribution in [2.75, 3.05) is 0 Å². The summed E-state index contributed by atoms with van der Waals surface area (Å²) >= 11 is 0. The molecule has 0 saturated heterocycles. The summed E-state index contributed by atoms with van der Waals surface area (Å²) in [6.45, 7) is 1.87. The van der Waals surface area contributed by atoms with Gasteiger partial charge in [-0.1, -0.05) is 12.1 Å². The van der Waals surface area contributed by atoms with Gasteiger partial charge in [0.15, 0.2) is 0 Å². The van der Waals surface area contributed by atoms with E-state index in [4.69, 9.17) is 10.5 Å². The lowest BCUT2D eigenvalue weighted by Gasteiger charge is -1.98. The molecule has 1 aromatic carbocycles. The predicted octanol–water partition coefficient (Wildman–Crippen LogP) is 2.49. The van der Waals surface area contributed by atoms with Crippen molar-refractivity contribution in [3.63, 3.8) is 0 Å². The summed E-state index contributed by atoms with van der Waals surface area (Å²) < 4.78 is 0. The van der Waals surface area contributed by atoms with Crippen molar-refractivity contribution < 1.29 is 0 Å². The van der Waals surface area contributed by atoms with Crippen LogP contribution in [-0.2, 0) is 0 Å². The summed E-state index contributed by atoms with van der Waals surface area (Å²) in [5.41, 5.74) is 2.51. The van der Waals surface area contributed by atoms with Crippen LogP contribution in [0.3, 0.4) is 0 Å². The maximum absolute atomic E-state index is 8.55. The molecule has 0 aromatic heterocycles. The van der Waals surface area contributed by atoms with E-state index >= 15 is 0 Å². The van der Waals surface area contributed by atoms with Gasteiger partial charge in [0.25, 0.3) is 0 Å². The van der Waals surface area contributed by atoms with Crippen LogP contribution in [0.25, 0.3) is 5.57 Å². The fourth-order valence-corrected chi connectivity index (χ4v) is 0.988. The summed E-state index contributed by atoms with van der Waals surface area (Å²) in [7, 11) is 0. The van der Waals surface area contributed by atoms with Gasteiger partial charge >= 0.3 is 0 Å². The first-order valence-corrected chi connectivity index (χ1v) is 3.85. The minimum Gasteiger partial charge on any atom is -0.193 e. The Bertz CT molecular complexity index is 399. The normalized spacial score (nSPS) is 10.2. The predicted molar refractivity (Wildman–Crippen MR) is 50.4 cm³/mol. The molecule has 0 fully saturated rings. The van der Waals surface area contributed by atoms with Crippen molar-refractivity contribution in [2.24, 2.45) is 0 Å². The molecule has 0 N–H and O–H groups in total. The van der Waals surface area contributed by atoms with Crippen LogP contribution in [0.2, 0.25) is 0 Å². The highest BCUT2D eigenvalue weighted by Crippen LogP contribution is 2.13. The molecule has 1 rings (SSSR count). The minimum absolute atomic E-state index is 0.633. The molecule has 0 amide bonds. The van der Waals surface area contributed by atoms with E-state index in [1.807, 2.05) is 31.2 Å². The van der Waals surface area contributed by atoms with Crippen molar-refractivity contribution in [1.82, 2.24) is 0 Å². The molecule has 0 aliphatic carbocycles. The average molecular weight is 168 g/mol. The van der Waals surface area contributed by atoms with Gasteiger partial charge in [-0.15, -0.1) is 0 Å². The minimum atomic E-state index is 0.633. The molecule has 2 nitrogen and oxygen atoms in total. The molecule has 0 unspecified atom stereocenters. The zero-order valence-electron chi connectivity index (χ0n) is 7.28. The Kier molecular flexibility index (Phi) is 2.84. The summed E-state index contributed by atoms with van der Waals surface area (Å²) in [4.78, 5) is 0. The van der Waals surface area contributed by atoms with Gasteiger partial charge in [-0.3, -0.25) is 0 Å². The second-order valence-electron chi connectivity index (χ2n) is 2.65. The van der Waals surface area contributed by atoms with Crippen LogP contribution in [-0.4, -0.2) is 0 Å². The lowest BCUT2D eigenvalue weighted by atomic mass is 10.1. The maximum Gasteiger partial charge on any atom is 0.0991 e. The quantitative estimate of drug-likeness (QED) is 0.605. The van der Waals surface area contributed by atoms with E-state index in [0.29, 0.717) is 5.56 Å². The summed E-state index contributed by atoms with van der Waals surface area (Å²) in [5.74, 6) is 0. The molecule has 0 saturated carbocycles. The molecule has 0 aliphatic rings. The van der Waals surface area contributed by atoms with Crippen LogP contribution < -0.4 is 0 Å². The largest absolute Gasteiger partial charge is 0.193 e. The molecule has 0 spiro atoms. The van der Waals surface area contributed by atoms with E-state index in [0.717, 1.165) is 11.1 Å². The van der Waals surface area contributed by atoms with Gasteiger partial charge in [-0.25, -0.2) is 0 Å². The van der Waals surface area contributed by atoms with Crippen LogP contribution in [0, 0.1) is 22.7 Å². The number of rotatable bonds is 1. The van der Waals surface area contributed by atoms with E-state index in [2.05, 4.69) is 0 Å². The first-order chi connectivity index (χ1) is 6.27. The Balaban J connectivity index is 3.02. The van der Waals surface area contributed by atoms with Gasteiger partial charge in [-0.2, -0.15) is 10.5 Å². The second kappa shape index (κ2) is 4.09. The molecule has 2 heteroatoms. The summed E-state index contributed by atoms with van der Waals surface area (Å²) in [6.07, 6.45) is 1.49. The number of nitriles is 2. The molecule has 0 heterocycles. The molecule has 0 bridgehead atoms. The molecule has 62 valence electrons. The van der Waals surface area contributed by atoms with Crippen LogP contribution in [0.1, 0.15) is 18.1 Å². The number of nitrogens with zero attached hydrogens (tertiary/aromatic N) is 2. The first-order valence-electron chi connectivity index (χ1n) is 3.85. The van der Waals surface area contributed by atoms with Crippen LogP contribution in [0.15, 0.2) is 30.3 Å². The molecule has 0 atom stereocenters. The molecule has 0 radical (unpaired) electrons. The second-order valence-corrected chi connectivity index (χ2v) is 2.65. The smallest absolute Gasteiger partial charge is 0.0991 e. The third-order valence-corrected chi connectivity index (χ3v) is 1.75. The van der Waals surface area contributed by atoms with Crippen LogP contribution in [0.5, 0.6) is 0 Å². The van der Waals surface area contributed by atoms with Gasteiger partial charge in [0.05, 0.1) is 17.7 Å². The van der Waals surface area contributed by atoms with Gasteiger partial charge in [0.1, 0.15) is 0 Å². The monoisotopic (exact) mass is 168 g/mol. The number of hydrogen-bond donors (Lipinski definition) is 0. The van der Waals surface area contributed by atoms with Crippen LogP contribution >= 0.6 is 0 Å². The zero-order valence-corrected chi connectivity index (χ0v) is 7.28. The van der Waals surface area contributed by atoms with Gasteiger partial charge in [0.2, 0.25) is 0 Å². The Labute approximate surface area is 77.4 Å². The van der Waals surface area contributed by atoms with E-state index in [1.54, 1.807) is 12.1 Å². The molecule has 0 aliphatic heterocycles. The Morgan fingerprint density at radius 2 is 1.85 bits per heavy atom. The third kappa shape index (κ3) is 2.18. The fraction of sp³-hybridized carbons (Fsp3) is 0.0909. The summed E-state index contributed by atoms with van der Waals surface area (Å²) in [6, 6.07) is 11.2. The molecule has 1 aromatic rings. The van der Waals surface area contributed by atoms with Crippen molar-refractivity contribution in [3.05, 3.63) is 41.5 Å². The SMILES string of the molecule is CC(=CC#N)c1ccc(C#N)cc1. The Hall–Kier alpha value is -2.06. The topological polar surface area (TPSA) is 47.6 Å². The number of hydrogen-bond acceptors (Lipinski definition) is 2. The van der Waals surface area contributed by atoms with Crippen molar-refractivity contribution in [3.8, 4) is 12.1 Å². The van der Waals surface area contributed by atoms with E-state index in [1.165, 1.54) is 6.08 Å². The van der Waals surface area contributed by atoms with E-state index in [9.17, 15) is 0 Å². The lowest BCUT2D eigenvalue weighted by molar-refractivity contribution is 1.47. The third-order valence-electron chi connectivity index (χ3n) is 1.75. The van der Waals surface area contributed by atoms with Crippen molar-refractivity contribution >= 4 is 5.57 Å². The number of benzene rings is 1. The van der Waals surface area contributed by atoms with Gasteiger partial charge < -0.3 is 0 Å². The number of allylic oxidation sites excluding steroid dienone is 2. The Morgan fingerprint density at radius 3 is 2.31 bits per heavy atom. The molecular formula is C11H8N2. The maximum atomic E-state index is 8.55. The Morgan fingerprint density at radius 1 is 1.23 bits per heavy atom. The first kappa shape index (κ1) is 9.03. The van der Waals surface area contributed by atoms with Crippen LogP contribution in [0.4, 0.5) is 0 Å².